The Morgan fingerprint density at radius 2 is 2.07 bits per heavy atom. The summed E-state index contributed by atoms with van der Waals surface area (Å²) in [6.45, 7) is 5.40. The van der Waals surface area contributed by atoms with Crippen LogP contribution < -0.4 is 0 Å². The molecule has 0 aliphatic carbocycles. The summed E-state index contributed by atoms with van der Waals surface area (Å²) < 4.78 is 14.1. The van der Waals surface area contributed by atoms with E-state index >= 15 is 0 Å². The molecule has 0 radical (unpaired) electrons. The summed E-state index contributed by atoms with van der Waals surface area (Å²) in [6, 6.07) is 11.0. The average Bonchev–Trinajstić information content (AvgIpc) is 3.14. The van der Waals surface area contributed by atoms with Gasteiger partial charge in [0.05, 0.1) is 17.1 Å². The Morgan fingerprint density at radius 1 is 1.23 bits per heavy atom. The van der Waals surface area contributed by atoms with E-state index in [9.17, 15) is 9.18 Å². The third-order valence-corrected chi connectivity index (χ3v) is 6.40. The average molecular weight is 424 g/mol. The smallest absolute Gasteiger partial charge is 0.228 e. The van der Waals surface area contributed by atoms with Gasteiger partial charge >= 0.3 is 0 Å². The second-order valence-electron chi connectivity index (χ2n) is 8.02. The van der Waals surface area contributed by atoms with Crippen molar-refractivity contribution in [2.75, 3.05) is 13.1 Å². The van der Waals surface area contributed by atoms with E-state index in [1.807, 2.05) is 42.3 Å². The Hall–Kier alpha value is -2.60. The first-order valence-electron chi connectivity index (χ1n) is 10.4. The van der Waals surface area contributed by atoms with Crippen molar-refractivity contribution in [1.82, 2.24) is 14.9 Å². The minimum absolute atomic E-state index is 0.129. The van der Waals surface area contributed by atoms with Gasteiger partial charge in [-0.2, -0.15) is 0 Å². The summed E-state index contributed by atoms with van der Waals surface area (Å²) in [7, 11) is 0. The second kappa shape index (κ2) is 9.04. The molecule has 6 heteroatoms. The Morgan fingerprint density at radius 3 is 2.83 bits per heavy atom. The molecule has 1 amide bonds. The third kappa shape index (κ3) is 4.93. The number of aryl methyl sites for hydroxylation is 2. The fourth-order valence-electron chi connectivity index (χ4n) is 4.14. The number of piperidine rings is 1. The van der Waals surface area contributed by atoms with Gasteiger partial charge in [0.2, 0.25) is 5.91 Å². The molecular weight excluding hydrogens is 397 g/mol. The lowest BCUT2D eigenvalue weighted by Crippen LogP contribution is -2.40. The van der Waals surface area contributed by atoms with Crippen LogP contribution in [0.25, 0.3) is 0 Å². The lowest BCUT2D eigenvalue weighted by Gasteiger charge is -2.32. The van der Waals surface area contributed by atoms with Gasteiger partial charge in [-0.1, -0.05) is 18.2 Å². The van der Waals surface area contributed by atoms with Gasteiger partial charge in [-0.25, -0.2) is 9.37 Å². The maximum Gasteiger partial charge on any atom is 0.228 e. The second-order valence-corrected chi connectivity index (χ2v) is 9.09. The van der Waals surface area contributed by atoms with Crippen molar-refractivity contribution in [3.05, 3.63) is 80.8 Å². The van der Waals surface area contributed by atoms with Gasteiger partial charge < -0.3 is 4.90 Å². The molecule has 0 unspecified atom stereocenters. The van der Waals surface area contributed by atoms with Crippen LogP contribution in [-0.2, 0) is 17.6 Å². The quantitative estimate of drug-likeness (QED) is 0.590. The van der Waals surface area contributed by atoms with E-state index in [0.29, 0.717) is 24.9 Å². The van der Waals surface area contributed by atoms with E-state index in [1.54, 1.807) is 17.4 Å². The largest absolute Gasteiger partial charge is 0.342 e. The van der Waals surface area contributed by atoms with Gasteiger partial charge in [0.25, 0.3) is 0 Å². The molecule has 0 bridgehead atoms. The fraction of sp³-hybridized carbons (Fsp3) is 0.375. The maximum atomic E-state index is 14.1. The van der Waals surface area contributed by atoms with Crippen LogP contribution in [0.2, 0.25) is 0 Å². The highest BCUT2D eigenvalue weighted by Gasteiger charge is 2.26. The number of nitrogens with zero attached hydrogens (tertiary/aromatic N) is 3. The van der Waals surface area contributed by atoms with Crippen molar-refractivity contribution in [2.24, 2.45) is 0 Å². The number of halogens is 1. The van der Waals surface area contributed by atoms with Crippen molar-refractivity contribution < 1.29 is 9.18 Å². The standard InChI is InChI=1S/C24H26FN3OS/c1-16-10-18(11-19-6-3-4-8-22(19)25)12-23(26-16)20-7-5-9-28(14-20)24(29)13-21-15-30-17(2)27-21/h3-4,6,8,10,12,15,20H,5,7,9,11,13-14H2,1-2H3/t20-/m1/s1. The van der Waals surface area contributed by atoms with Crippen molar-refractivity contribution in [1.29, 1.82) is 0 Å². The molecule has 1 fully saturated rings. The molecule has 1 saturated heterocycles. The van der Waals surface area contributed by atoms with Crippen LogP contribution in [0.1, 0.15) is 52.0 Å². The zero-order chi connectivity index (χ0) is 21.1. The number of thiazole rings is 1. The number of likely N-dealkylation sites (tertiary alicyclic amines) is 1. The Bertz CT molecular complexity index is 1050. The van der Waals surface area contributed by atoms with Gasteiger partial charge in [0, 0.05) is 42.2 Å². The van der Waals surface area contributed by atoms with Gasteiger partial charge in [0.1, 0.15) is 5.82 Å². The molecule has 4 nitrogen and oxygen atoms in total. The Balaban J connectivity index is 1.48. The number of aromatic nitrogens is 2. The summed E-state index contributed by atoms with van der Waals surface area (Å²) in [5.41, 5.74) is 4.53. The van der Waals surface area contributed by atoms with Gasteiger partial charge in [-0.05, 0) is 56.0 Å². The first-order valence-corrected chi connectivity index (χ1v) is 11.3. The van der Waals surface area contributed by atoms with Crippen LogP contribution in [0.4, 0.5) is 4.39 Å². The Kier molecular flexibility index (Phi) is 6.23. The molecule has 30 heavy (non-hydrogen) atoms. The predicted molar refractivity (Wildman–Crippen MR) is 117 cm³/mol. The normalized spacial score (nSPS) is 16.6. The number of benzene rings is 1. The van der Waals surface area contributed by atoms with Crippen LogP contribution in [0.3, 0.4) is 0 Å². The molecular formula is C24H26FN3OS. The fourth-order valence-corrected chi connectivity index (χ4v) is 4.75. The summed E-state index contributed by atoms with van der Waals surface area (Å²) in [5.74, 6) is 0.156. The molecule has 0 N–H and O–H groups in total. The number of carbonyl (C=O) groups excluding carboxylic acids is 1. The first-order chi connectivity index (χ1) is 14.5. The monoisotopic (exact) mass is 423 g/mol. The molecule has 3 heterocycles. The maximum absolute atomic E-state index is 14.1. The van der Waals surface area contributed by atoms with Crippen LogP contribution in [0, 0.1) is 19.7 Å². The number of rotatable bonds is 5. The van der Waals surface area contributed by atoms with Crippen molar-refractivity contribution >= 4 is 17.2 Å². The molecule has 3 aromatic rings. The lowest BCUT2D eigenvalue weighted by atomic mass is 9.92. The zero-order valence-corrected chi connectivity index (χ0v) is 18.2. The highest BCUT2D eigenvalue weighted by molar-refractivity contribution is 7.09. The molecule has 1 aliphatic rings. The molecule has 1 aliphatic heterocycles. The molecule has 0 spiro atoms. The predicted octanol–water partition coefficient (Wildman–Crippen LogP) is 4.83. The van der Waals surface area contributed by atoms with Crippen LogP contribution in [-0.4, -0.2) is 33.9 Å². The van der Waals surface area contributed by atoms with E-state index in [2.05, 4.69) is 11.1 Å². The van der Waals surface area contributed by atoms with Crippen molar-refractivity contribution in [2.45, 2.75) is 45.4 Å². The SMILES string of the molecule is Cc1cc(Cc2ccccc2F)cc([C@@H]2CCCN(C(=O)Cc3csc(C)n3)C2)n1. The highest BCUT2D eigenvalue weighted by Crippen LogP contribution is 2.28. The van der Waals surface area contributed by atoms with Crippen LogP contribution in [0.15, 0.2) is 41.8 Å². The van der Waals surface area contributed by atoms with Crippen LogP contribution in [0.5, 0.6) is 0 Å². The number of hydrogen-bond acceptors (Lipinski definition) is 4. The molecule has 2 aromatic heterocycles. The van der Waals surface area contributed by atoms with Crippen molar-refractivity contribution in [3.63, 3.8) is 0 Å². The summed E-state index contributed by atoms with van der Waals surface area (Å²) in [4.78, 5) is 23.9. The number of hydrogen-bond donors (Lipinski definition) is 0. The molecule has 156 valence electrons. The van der Waals surface area contributed by atoms with Crippen molar-refractivity contribution in [3.8, 4) is 0 Å². The van der Waals surface area contributed by atoms with E-state index in [1.165, 1.54) is 6.07 Å². The summed E-state index contributed by atoms with van der Waals surface area (Å²) in [6.07, 6.45) is 2.87. The molecule has 1 atom stereocenters. The molecule has 1 aromatic carbocycles. The molecule has 4 rings (SSSR count). The number of pyridine rings is 1. The van der Waals surface area contributed by atoms with E-state index in [0.717, 1.165) is 47.0 Å². The minimum atomic E-state index is -0.180. The summed E-state index contributed by atoms with van der Waals surface area (Å²) in [5, 5.41) is 2.95. The first kappa shape index (κ1) is 20.7. The Labute approximate surface area is 180 Å². The zero-order valence-electron chi connectivity index (χ0n) is 17.4. The highest BCUT2D eigenvalue weighted by atomic mass is 32.1. The van der Waals surface area contributed by atoms with Gasteiger partial charge in [0.15, 0.2) is 0 Å². The minimum Gasteiger partial charge on any atom is -0.342 e. The topological polar surface area (TPSA) is 46.1 Å². The van der Waals surface area contributed by atoms with E-state index in [4.69, 9.17) is 4.98 Å². The number of amides is 1. The van der Waals surface area contributed by atoms with Gasteiger partial charge in [-0.3, -0.25) is 9.78 Å². The van der Waals surface area contributed by atoms with Gasteiger partial charge in [-0.15, -0.1) is 11.3 Å². The lowest BCUT2D eigenvalue weighted by molar-refractivity contribution is -0.131. The third-order valence-electron chi connectivity index (χ3n) is 5.58. The van der Waals surface area contributed by atoms with Crippen LogP contribution >= 0.6 is 11.3 Å². The van der Waals surface area contributed by atoms with E-state index in [-0.39, 0.29) is 17.6 Å². The summed E-state index contributed by atoms with van der Waals surface area (Å²) >= 11 is 1.58. The molecule has 0 saturated carbocycles. The number of carbonyl (C=O) groups is 1. The van der Waals surface area contributed by atoms with E-state index < -0.39 is 0 Å².